The van der Waals surface area contributed by atoms with E-state index in [4.69, 9.17) is 0 Å². The largest absolute Gasteiger partial charge is 0.354 e. The molecule has 1 aliphatic carbocycles. The SMILES string of the molecule is CCC1CN(c2ncc(-c3cc4c5c(cnc4cc3F)N(C)C(=O)C53CCC3)cc2NS(=O)(=O)CC)C1. The summed E-state index contributed by atoms with van der Waals surface area (Å²) in [6, 6.07) is 4.80. The van der Waals surface area contributed by atoms with Crippen molar-refractivity contribution in [2.45, 2.75) is 44.9 Å². The van der Waals surface area contributed by atoms with Gasteiger partial charge in [-0.2, -0.15) is 0 Å². The standard InChI is InChI=1S/C27H30FN5O3S/c1-4-16-14-33(15-16)25-22(31-37(35,36)5-2)9-17(12-30-25)18-10-19-21(11-20(18)28)29-13-23-24(19)27(7-6-8-27)26(34)32(23)3/h9-13,16,31H,4-8,14-15H2,1-3H3. The van der Waals surface area contributed by atoms with Crippen molar-refractivity contribution in [2.24, 2.45) is 5.92 Å². The van der Waals surface area contributed by atoms with E-state index in [1.165, 1.54) is 6.07 Å². The van der Waals surface area contributed by atoms with Gasteiger partial charge in [0.2, 0.25) is 15.9 Å². The lowest BCUT2D eigenvalue weighted by atomic mass is 9.64. The molecule has 3 aliphatic rings. The fourth-order valence-electron chi connectivity index (χ4n) is 5.89. The van der Waals surface area contributed by atoms with Crippen LogP contribution in [0.3, 0.4) is 0 Å². The predicted octanol–water partition coefficient (Wildman–Crippen LogP) is 4.44. The van der Waals surface area contributed by atoms with Crippen LogP contribution in [0.15, 0.2) is 30.6 Å². The second-order valence-electron chi connectivity index (χ2n) is 10.4. The van der Waals surface area contributed by atoms with Crippen LogP contribution in [0.2, 0.25) is 0 Å². The summed E-state index contributed by atoms with van der Waals surface area (Å²) in [5.74, 6) is 0.601. The number of pyridine rings is 2. The monoisotopic (exact) mass is 523 g/mol. The molecule has 2 fully saturated rings. The zero-order valence-corrected chi connectivity index (χ0v) is 22.0. The van der Waals surface area contributed by atoms with Gasteiger partial charge in [0.1, 0.15) is 5.82 Å². The molecule has 8 nitrogen and oxygen atoms in total. The summed E-state index contributed by atoms with van der Waals surface area (Å²) in [4.78, 5) is 25.9. The van der Waals surface area contributed by atoms with Gasteiger partial charge in [-0.1, -0.05) is 13.3 Å². The Kier molecular flexibility index (Phi) is 5.45. The molecule has 1 N–H and O–H groups in total. The maximum atomic E-state index is 15.5. The second kappa shape index (κ2) is 8.37. The zero-order valence-electron chi connectivity index (χ0n) is 21.2. The lowest BCUT2D eigenvalue weighted by molar-refractivity contribution is -0.125. The first-order valence-corrected chi connectivity index (χ1v) is 14.5. The van der Waals surface area contributed by atoms with Gasteiger partial charge in [-0.25, -0.2) is 17.8 Å². The van der Waals surface area contributed by atoms with Crippen molar-refractivity contribution in [1.82, 2.24) is 9.97 Å². The molecule has 1 aromatic carbocycles. The minimum Gasteiger partial charge on any atom is -0.354 e. The van der Waals surface area contributed by atoms with Crippen LogP contribution in [-0.2, 0) is 20.2 Å². The van der Waals surface area contributed by atoms with Crippen molar-refractivity contribution >= 4 is 44.0 Å². The van der Waals surface area contributed by atoms with Crippen molar-refractivity contribution in [2.75, 3.05) is 40.4 Å². The zero-order chi connectivity index (χ0) is 26.1. The van der Waals surface area contributed by atoms with Gasteiger partial charge < -0.3 is 9.80 Å². The maximum Gasteiger partial charge on any atom is 0.237 e. The van der Waals surface area contributed by atoms with Crippen molar-refractivity contribution in [3.8, 4) is 11.1 Å². The molecule has 1 saturated carbocycles. The Morgan fingerprint density at radius 1 is 1.14 bits per heavy atom. The van der Waals surface area contributed by atoms with Gasteiger partial charge >= 0.3 is 0 Å². The summed E-state index contributed by atoms with van der Waals surface area (Å²) in [5, 5.41) is 0.750. The number of fused-ring (bicyclic) bond motifs is 4. The van der Waals surface area contributed by atoms with Crippen LogP contribution in [0.25, 0.3) is 22.0 Å². The van der Waals surface area contributed by atoms with Crippen molar-refractivity contribution in [3.63, 3.8) is 0 Å². The maximum absolute atomic E-state index is 15.5. The molecular formula is C27H30FN5O3S. The Hall–Kier alpha value is -3.27. The van der Waals surface area contributed by atoms with Crippen LogP contribution in [-0.4, -0.2) is 50.2 Å². The summed E-state index contributed by atoms with van der Waals surface area (Å²) >= 11 is 0. The number of nitrogens with one attached hydrogen (secondary N) is 1. The number of carbonyl (C=O) groups excluding carboxylic acids is 1. The summed E-state index contributed by atoms with van der Waals surface area (Å²) in [7, 11) is -1.81. The Morgan fingerprint density at radius 2 is 1.89 bits per heavy atom. The molecule has 2 aliphatic heterocycles. The van der Waals surface area contributed by atoms with E-state index >= 15 is 4.39 Å². The first kappa shape index (κ1) is 24.1. The van der Waals surface area contributed by atoms with Crippen LogP contribution in [0.1, 0.15) is 45.1 Å². The second-order valence-corrected chi connectivity index (χ2v) is 12.5. The highest BCUT2D eigenvalue weighted by molar-refractivity contribution is 7.92. The highest BCUT2D eigenvalue weighted by Crippen LogP contribution is 2.55. The number of halogens is 1. The molecule has 4 heterocycles. The van der Waals surface area contributed by atoms with Gasteiger partial charge in [-0.15, -0.1) is 0 Å². The van der Waals surface area contributed by atoms with E-state index in [0.29, 0.717) is 34.1 Å². The van der Waals surface area contributed by atoms with E-state index in [2.05, 4.69) is 21.6 Å². The molecule has 2 aromatic heterocycles. The molecule has 1 saturated heterocycles. The minimum atomic E-state index is -3.57. The third-order valence-corrected chi connectivity index (χ3v) is 9.65. The third-order valence-electron chi connectivity index (χ3n) is 8.36. The van der Waals surface area contributed by atoms with Gasteiger partial charge in [0.25, 0.3) is 0 Å². The number of anilines is 3. The van der Waals surface area contributed by atoms with Crippen molar-refractivity contribution in [1.29, 1.82) is 0 Å². The van der Waals surface area contributed by atoms with E-state index in [9.17, 15) is 13.2 Å². The molecule has 0 unspecified atom stereocenters. The summed E-state index contributed by atoms with van der Waals surface area (Å²) < 4.78 is 43.1. The van der Waals surface area contributed by atoms with E-state index in [1.54, 1.807) is 43.4 Å². The summed E-state index contributed by atoms with van der Waals surface area (Å²) in [6.07, 6.45) is 6.80. The van der Waals surface area contributed by atoms with Gasteiger partial charge in [0.15, 0.2) is 5.82 Å². The average molecular weight is 524 g/mol. The number of sulfonamides is 1. The number of amides is 1. The molecule has 194 valence electrons. The summed E-state index contributed by atoms with van der Waals surface area (Å²) in [6.45, 7) is 5.30. The Labute approximate surface area is 215 Å². The summed E-state index contributed by atoms with van der Waals surface area (Å²) in [5.41, 5.74) is 2.71. The highest BCUT2D eigenvalue weighted by Gasteiger charge is 2.54. The molecule has 0 atom stereocenters. The highest BCUT2D eigenvalue weighted by atomic mass is 32.2. The van der Waals surface area contributed by atoms with Gasteiger partial charge in [0.05, 0.1) is 34.3 Å². The molecule has 37 heavy (non-hydrogen) atoms. The Bertz CT molecular complexity index is 1550. The number of nitrogens with zero attached hydrogens (tertiary/aromatic N) is 4. The molecule has 0 bridgehead atoms. The number of benzene rings is 1. The van der Waals surface area contributed by atoms with Crippen LogP contribution in [0, 0.1) is 11.7 Å². The molecular weight excluding hydrogens is 493 g/mol. The topological polar surface area (TPSA) is 95.5 Å². The van der Waals surface area contributed by atoms with Gasteiger partial charge in [0, 0.05) is 54.5 Å². The molecule has 3 aromatic rings. The molecule has 6 rings (SSSR count). The minimum absolute atomic E-state index is 0.0659. The molecule has 1 spiro atoms. The van der Waals surface area contributed by atoms with Crippen LogP contribution >= 0.6 is 0 Å². The van der Waals surface area contributed by atoms with Crippen molar-refractivity contribution in [3.05, 3.63) is 42.0 Å². The number of likely N-dealkylation sites (N-methyl/N-ethyl adjacent to an activating group) is 1. The van der Waals surface area contributed by atoms with Crippen LogP contribution in [0.5, 0.6) is 0 Å². The molecule has 1 amide bonds. The number of rotatable bonds is 6. The number of hydrogen-bond donors (Lipinski definition) is 1. The smallest absolute Gasteiger partial charge is 0.237 e. The quantitative estimate of drug-likeness (QED) is 0.513. The van der Waals surface area contributed by atoms with E-state index in [0.717, 1.165) is 55.4 Å². The fourth-order valence-corrected chi connectivity index (χ4v) is 6.52. The van der Waals surface area contributed by atoms with E-state index in [-0.39, 0.29) is 11.7 Å². The van der Waals surface area contributed by atoms with Gasteiger partial charge in [-0.3, -0.25) is 14.5 Å². The Balaban J connectivity index is 1.49. The first-order chi connectivity index (χ1) is 17.7. The number of aromatic nitrogens is 2. The van der Waals surface area contributed by atoms with Crippen LogP contribution < -0.4 is 14.5 Å². The predicted molar refractivity (Wildman–Crippen MR) is 143 cm³/mol. The number of carbonyl (C=O) groups is 1. The fraction of sp³-hybridized carbons (Fsp3) is 0.444. The molecule has 10 heteroatoms. The van der Waals surface area contributed by atoms with E-state index in [1.807, 2.05) is 4.90 Å². The molecule has 0 radical (unpaired) electrons. The normalized spacial score (nSPS) is 18.8. The number of hydrogen-bond acceptors (Lipinski definition) is 6. The van der Waals surface area contributed by atoms with E-state index < -0.39 is 21.3 Å². The Morgan fingerprint density at radius 3 is 2.54 bits per heavy atom. The van der Waals surface area contributed by atoms with Gasteiger partial charge in [-0.05, 0) is 44.2 Å². The lowest BCUT2D eigenvalue weighted by Gasteiger charge is -2.40. The average Bonchev–Trinajstić information content (AvgIpc) is 3.06. The first-order valence-electron chi connectivity index (χ1n) is 12.8. The van der Waals surface area contributed by atoms with Crippen LogP contribution in [0.4, 0.5) is 21.6 Å². The lowest BCUT2D eigenvalue weighted by Crippen LogP contribution is -2.47. The third kappa shape index (κ3) is 3.59. The van der Waals surface area contributed by atoms with Crippen molar-refractivity contribution < 1.29 is 17.6 Å².